The molecule has 1 unspecified atom stereocenters. The molecule has 0 aliphatic carbocycles. The Hall–Kier alpha value is -2.04. The third-order valence-electron chi connectivity index (χ3n) is 4.72. The Bertz CT molecular complexity index is 716. The first-order valence-electron chi connectivity index (χ1n) is 8.96. The average Bonchev–Trinajstić information content (AvgIpc) is 2.66. The Labute approximate surface area is 155 Å². The lowest BCUT2D eigenvalue weighted by molar-refractivity contribution is -0.113. The van der Waals surface area contributed by atoms with Gasteiger partial charge < -0.3 is 9.64 Å². The minimum Gasteiger partial charge on any atom is -0.362 e. The molecule has 0 saturated heterocycles. The van der Waals surface area contributed by atoms with E-state index in [0.29, 0.717) is 12.2 Å². The highest BCUT2D eigenvalue weighted by Crippen LogP contribution is 2.39. The van der Waals surface area contributed by atoms with Crippen molar-refractivity contribution < 1.29 is 13.9 Å². The lowest BCUT2D eigenvalue weighted by Gasteiger charge is -2.36. The molecule has 0 amide bonds. The summed E-state index contributed by atoms with van der Waals surface area (Å²) < 4.78 is 19.8. The number of carbonyl (C=O) groups excluding carboxylic acids is 1. The van der Waals surface area contributed by atoms with Gasteiger partial charge in [-0.15, -0.1) is 0 Å². The Morgan fingerprint density at radius 2 is 1.92 bits per heavy atom. The predicted molar refractivity (Wildman–Crippen MR) is 103 cm³/mol. The van der Waals surface area contributed by atoms with Crippen molar-refractivity contribution >= 4 is 5.78 Å². The SMILES string of the molecule is CC(=O)C1=C/C=C(\C)C(CCCN(C)C)(c2ccc(F)cc2)OC\C=C\1. The Balaban J connectivity index is 2.48. The van der Waals surface area contributed by atoms with Crippen molar-refractivity contribution in [2.45, 2.75) is 32.3 Å². The summed E-state index contributed by atoms with van der Waals surface area (Å²) in [6.45, 7) is 4.89. The van der Waals surface area contributed by atoms with Crippen LogP contribution in [0.1, 0.15) is 32.3 Å². The molecule has 0 spiro atoms. The van der Waals surface area contributed by atoms with Crippen molar-refractivity contribution in [1.29, 1.82) is 0 Å². The largest absolute Gasteiger partial charge is 0.362 e. The van der Waals surface area contributed by atoms with Gasteiger partial charge in [-0.1, -0.05) is 36.4 Å². The van der Waals surface area contributed by atoms with Gasteiger partial charge in [0.1, 0.15) is 11.4 Å². The summed E-state index contributed by atoms with van der Waals surface area (Å²) in [5.41, 5.74) is 1.94. The van der Waals surface area contributed by atoms with E-state index in [9.17, 15) is 9.18 Å². The van der Waals surface area contributed by atoms with Gasteiger partial charge >= 0.3 is 0 Å². The number of Topliss-reactive ketones (excluding diaryl/α,β-unsaturated/α-hetero) is 1. The molecule has 1 heterocycles. The van der Waals surface area contributed by atoms with Gasteiger partial charge in [0.05, 0.1) is 6.61 Å². The normalized spacial score (nSPS) is 26.1. The van der Waals surface area contributed by atoms with Crippen molar-refractivity contribution in [1.82, 2.24) is 4.90 Å². The van der Waals surface area contributed by atoms with Gasteiger partial charge in [-0.3, -0.25) is 4.79 Å². The first kappa shape index (κ1) is 20.3. The van der Waals surface area contributed by atoms with E-state index < -0.39 is 5.60 Å². The van der Waals surface area contributed by atoms with Crippen LogP contribution in [0.3, 0.4) is 0 Å². The number of hydrogen-bond donors (Lipinski definition) is 0. The van der Waals surface area contributed by atoms with Crippen LogP contribution in [0, 0.1) is 5.82 Å². The maximum absolute atomic E-state index is 13.5. The van der Waals surface area contributed by atoms with E-state index in [-0.39, 0.29) is 11.6 Å². The van der Waals surface area contributed by atoms with E-state index >= 15 is 0 Å². The van der Waals surface area contributed by atoms with Gasteiger partial charge in [0, 0.05) is 5.57 Å². The van der Waals surface area contributed by atoms with Crippen LogP contribution in [-0.2, 0) is 15.1 Å². The second kappa shape index (κ2) is 9.06. The molecule has 0 radical (unpaired) electrons. The molecule has 1 aromatic carbocycles. The van der Waals surface area contributed by atoms with Gasteiger partial charge in [-0.2, -0.15) is 0 Å². The predicted octanol–water partition coefficient (Wildman–Crippen LogP) is 4.41. The van der Waals surface area contributed by atoms with Crippen LogP contribution in [0.5, 0.6) is 0 Å². The van der Waals surface area contributed by atoms with Crippen molar-refractivity contribution in [2.75, 3.05) is 27.2 Å². The third kappa shape index (κ3) is 4.99. The second-order valence-corrected chi connectivity index (χ2v) is 6.98. The van der Waals surface area contributed by atoms with Gasteiger partial charge in [0.15, 0.2) is 5.78 Å². The standard InChI is InChI=1S/C22H28FNO2/c1-17-8-9-19(18(2)25)7-5-16-26-22(17,14-6-15-24(3)4)20-10-12-21(23)13-11-20/h5,7-13H,6,14-16H2,1-4H3/b7-5+,17-8+,19-9+. The number of rotatable bonds is 6. The van der Waals surface area contributed by atoms with E-state index in [1.54, 1.807) is 25.1 Å². The molecule has 26 heavy (non-hydrogen) atoms. The summed E-state index contributed by atoms with van der Waals surface area (Å²) in [6, 6.07) is 6.52. The summed E-state index contributed by atoms with van der Waals surface area (Å²) in [5.74, 6) is -0.243. The maximum atomic E-state index is 13.5. The molecule has 0 saturated carbocycles. The number of benzene rings is 1. The molecule has 1 aromatic rings. The van der Waals surface area contributed by atoms with E-state index in [2.05, 4.69) is 4.90 Å². The number of hydrogen-bond acceptors (Lipinski definition) is 3. The van der Waals surface area contributed by atoms with Crippen LogP contribution < -0.4 is 0 Å². The summed E-state index contributed by atoms with van der Waals surface area (Å²) in [7, 11) is 4.09. The van der Waals surface area contributed by atoms with Crippen LogP contribution in [0.2, 0.25) is 0 Å². The summed E-state index contributed by atoms with van der Waals surface area (Å²) in [4.78, 5) is 13.9. The Morgan fingerprint density at radius 3 is 2.54 bits per heavy atom. The summed E-state index contributed by atoms with van der Waals surface area (Å²) >= 11 is 0. The number of nitrogens with zero attached hydrogens (tertiary/aromatic N) is 1. The second-order valence-electron chi connectivity index (χ2n) is 6.98. The fourth-order valence-electron chi connectivity index (χ4n) is 3.21. The van der Waals surface area contributed by atoms with Crippen LogP contribution in [0.4, 0.5) is 4.39 Å². The Morgan fingerprint density at radius 1 is 1.23 bits per heavy atom. The van der Waals surface area contributed by atoms with Crippen LogP contribution in [-0.4, -0.2) is 37.9 Å². The van der Waals surface area contributed by atoms with Gasteiger partial charge in [0.25, 0.3) is 0 Å². The average molecular weight is 357 g/mol. The zero-order valence-corrected chi connectivity index (χ0v) is 16.1. The van der Waals surface area contributed by atoms with Crippen molar-refractivity contribution in [2.24, 2.45) is 0 Å². The third-order valence-corrected chi connectivity index (χ3v) is 4.72. The molecule has 1 aliphatic rings. The summed E-state index contributed by atoms with van der Waals surface area (Å²) in [6.07, 6.45) is 9.16. The zero-order valence-electron chi connectivity index (χ0n) is 16.1. The fraction of sp³-hybridized carbons (Fsp3) is 0.409. The first-order chi connectivity index (χ1) is 12.3. The number of halogens is 1. The fourth-order valence-corrected chi connectivity index (χ4v) is 3.21. The highest BCUT2D eigenvalue weighted by molar-refractivity contribution is 5.96. The monoisotopic (exact) mass is 357 g/mol. The maximum Gasteiger partial charge on any atom is 0.159 e. The molecule has 1 atom stereocenters. The van der Waals surface area contributed by atoms with E-state index in [1.807, 2.05) is 39.2 Å². The van der Waals surface area contributed by atoms with E-state index in [4.69, 9.17) is 4.74 Å². The highest BCUT2D eigenvalue weighted by atomic mass is 19.1. The molecular weight excluding hydrogens is 329 g/mol. The molecule has 2 rings (SSSR count). The number of allylic oxidation sites excluding steroid dienone is 4. The van der Waals surface area contributed by atoms with Crippen molar-refractivity contribution in [3.63, 3.8) is 0 Å². The molecule has 1 aliphatic heterocycles. The van der Waals surface area contributed by atoms with Gasteiger partial charge in [-0.05, 0) is 70.6 Å². The molecular formula is C22H28FNO2. The minimum absolute atomic E-state index is 0.0205. The molecule has 3 nitrogen and oxygen atoms in total. The zero-order chi connectivity index (χ0) is 19.2. The van der Waals surface area contributed by atoms with E-state index in [1.165, 1.54) is 12.1 Å². The first-order valence-corrected chi connectivity index (χ1v) is 8.96. The van der Waals surface area contributed by atoms with Crippen molar-refractivity contribution in [3.8, 4) is 0 Å². The van der Waals surface area contributed by atoms with E-state index in [0.717, 1.165) is 30.5 Å². The quantitative estimate of drug-likeness (QED) is 0.755. The summed E-state index contributed by atoms with van der Waals surface area (Å²) in [5, 5.41) is 0. The van der Waals surface area contributed by atoms with Crippen LogP contribution in [0.15, 0.2) is 59.7 Å². The Kier molecular flexibility index (Phi) is 7.06. The van der Waals surface area contributed by atoms with Crippen LogP contribution in [0.25, 0.3) is 0 Å². The van der Waals surface area contributed by atoms with Gasteiger partial charge in [0.2, 0.25) is 0 Å². The number of ether oxygens (including phenoxy) is 1. The topological polar surface area (TPSA) is 29.5 Å². The number of carbonyl (C=O) groups is 1. The lowest BCUT2D eigenvalue weighted by atomic mass is 9.82. The van der Waals surface area contributed by atoms with Crippen molar-refractivity contribution in [3.05, 3.63) is 71.1 Å². The van der Waals surface area contributed by atoms with Crippen LogP contribution >= 0.6 is 0 Å². The van der Waals surface area contributed by atoms with Gasteiger partial charge in [-0.25, -0.2) is 4.39 Å². The highest BCUT2D eigenvalue weighted by Gasteiger charge is 2.34. The smallest absolute Gasteiger partial charge is 0.159 e. The lowest BCUT2D eigenvalue weighted by Crippen LogP contribution is -2.33. The number of ketones is 1. The molecule has 0 N–H and O–H groups in total. The minimum atomic E-state index is -0.642. The molecule has 4 heteroatoms. The molecule has 0 aromatic heterocycles. The molecule has 140 valence electrons. The molecule has 0 bridgehead atoms. The molecule has 0 fully saturated rings.